The summed E-state index contributed by atoms with van der Waals surface area (Å²) in [5.74, 6) is 1.16. The van der Waals surface area contributed by atoms with Crippen LogP contribution < -0.4 is 5.32 Å². The van der Waals surface area contributed by atoms with E-state index in [4.69, 9.17) is 27.7 Å². The summed E-state index contributed by atoms with van der Waals surface area (Å²) in [6.45, 7) is 12.8. The fraction of sp³-hybridized carbons (Fsp3) is 0.522. The van der Waals surface area contributed by atoms with Gasteiger partial charge in [0.25, 0.3) is 5.91 Å². The average molecular weight is 468 g/mol. The number of benzene rings is 1. The molecular weight excluding hydrogens is 437 g/mol. The molecular formula is C23H31Cl2N3O3. The Morgan fingerprint density at radius 2 is 1.84 bits per heavy atom. The van der Waals surface area contributed by atoms with Crippen LogP contribution in [0, 0.1) is 11.8 Å². The number of piperazine rings is 1. The van der Waals surface area contributed by atoms with Gasteiger partial charge in [0, 0.05) is 24.2 Å². The summed E-state index contributed by atoms with van der Waals surface area (Å²) in [4.78, 5) is 26.7. The molecule has 8 heteroatoms. The van der Waals surface area contributed by atoms with E-state index < -0.39 is 6.04 Å². The van der Waals surface area contributed by atoms with Crippen molar-refractivity contribution >= 4 is 35.0 Å². The molecule has 0 saturated carbocycles. The highest BCUT2D eigenvalue weighted by atomic mass is 35.5. The number of halogens is 2. The first-order valence-corrected chi connectivity index (χ1v) is 11.3. The minimum absolute atomic E-state index is 0.0703. The summed E-state index contributed by atoms with van der Waals surface area (Å²) in [7, 11) is 0. The largest absolute Gasteiger partial charge is 0.355 e. The van der Waals surface area contributed by atoms with Gasteiger partial charge in [0.15, 0.2) is 11.5 Å². The maximum Gasteiger partial charge on any atom is 0.276 e. The van der Waals surface area contributed by atoms with Crippen LogP contribution in [-0.2, 0) is 4.79 Å². The van der Waals surface area contributed by atoms with E-state index in [1.165, 1.54) is 0 Å². The van der Waals surface area contributed by atoms with Crippen molar-refractivity contribution in [1.82, 2.24) is 15.4 Å². The number of carbonyl (C=O) groups excluding carboxylic acids is 2. The van der Waals surface area contributed by atoms with Gasteiger partial charge in [0.05, 0.1) is 10.0 Å². The van der Waals surface area contributed by atoms with E-state index in [0.29, 0.717) is 33.8 Å². The topological polar surface area (TPSA) is 75.4 Å². The van der Waals surface area contributed by atoms with E-state index in [0.717, 1.165) is 12.3 Å². The molecule has 31 heavy (non-hydrogen) atoms. The Balaban J connectivity index is 0.000000785. The first-order valence-electron chi connectivity index (χ1n) is 10.5. The quantitative estimate of drug-likeness (QED) is 0.626. The normalized spacial score (nSPS) is 18.6. The predicted octanol–water partition coefficient (Wildman–Crippen LogP) is 5.69. The SMILES string of the molecule is CC(C)C.CC(C)CC1CN(C(=O)c2cc(-c3ccc(Cl)c(Cl)c3)on2)C(C)C(=O)N1. The van der Waals surface area contributed by atoms with Gasteiger partial charge in [-0.15, -0.1) is 0 Å². The molecule has 1 aromatic heterocycles. The van der Waals surface area contributed by atoms with Crippen molar-refractivity contribution < 1.29 is 14.1 Å². The maximum absolute atomic E-state index is 12.9. The van der Waals surface area contributed by atoms with Crippen molar-refractivity contribution in [2.75, 3.05) is 6.54 Å². The van der Waals surface area contributed by atoms with E-state index in [1.54, 1.807) is 36.1 Å². The first-order chi connectivity index (χ1) is 14.5. The van der Waals surface area contributed by atoms with Crippen molar-refractivity contribution in [3.05, 3.63) is 40.0 Å². The van der Waals surface area contributed by atoms with Crippen molar-refractivity contribution in [3.63, 3.8) is 0 Å². The first kappa shape index (κ1) is 25.2. The summed E-state index contributed by atoms with van der Waals surface area (Å²) < 4.78 is 5.31. The van der Waals surface area contributed by atoms with Crippen LogP contribution in [0.5, 0.6) is 0 Å². The number of hydrogen-bond acceptors (Lipinski definition) is 4. The minimum atomic E-state index is -0.564. The van der Waals surface area contributed by atoms with Crippen LogP contribution in [0.25, 0.3) is 11.3 Å². The molecule has 0 radical (unpaired) electrons. The summed E-state index contributed by atoms with van der Waals surface area (Å²) in [6, 6.07) is 5.95. The van der Waals surface area contributed by atoms with Crippen LogP contribution >= 0.6 is 23.2 Å². The summed E-state index contributed by atoms with van der Waals surface area (Å²) in [5, 5.41) is 7.68. The highest BCUT2D eigenvalue weighted by Gasteiger charge is 2.36. The Morgan fingerprint density at radius 3 is 2.42 bits per heavy atom. The minimum Gasteiger partial charge on any atom is -0.355 e. The summed E-state index contributed by atoms with van der Waals surface area (Å²) >= 11 is 12.0. The second-order valence-corrected chi connectivity index (χ2v) is 9.72. The summed E-state index contributed by atoms with van der Waals surface area (Å²) in [6.07, 6.45) is 0.801. The van der Waals surface area contributed by atoms with E-state index in [2.05, 4.69) is 45.1 Å². The number of hydrogen-bond donors (Lipinski definition) is 1. The van der Waals surface area contributed by atoms with E-state index in [-0.39, 0.29) is 23.6 Å². The Morgan fingerprint density at radius 1 is 1.19 bits per heavy atom. The molecule has 1 saturated heterocycles. The number of aromatic nitrogens is 1. The van der Waals surface area contributed by atoms with Crippen LogP contribution in [0.1, 0.15) is 58.5 Å². The second kappa shape index (κ2) is 11.0. The number of amides is 2. The fourth-order valence-electron chi connectivity index (χ4n) is 3.17. The van der Waals surface area contributed by atoms with E-state index in [9.17, 15) is 9.59 Å². The molecule has 170 valence electrons. The van der Waals surface area contributed by atoms with Crippen molar-refractivity contribution in [1.29, 1.82) is 0 Å². The molecule has 0 bridgehead atoms. The zero-order valence-corrected chi connectivity index (χ0v) is 20.4. The Bertz CT molecular complexity index is 908. The lowest BCUT2D eigenvalue weighted by Crippen LogP contribution is -2.60. The standard InChI is InChI=1S/C19H21Cl2N3O3.C4H10/c1-10(2)6-13-9-24(11(3)18(25)22-13)19(26)16-8-17(27-23-16)12-4-5-14(20)15(21)7-12;1-4(2)3/h4-5,7-8,10-11,13H,6,9H2,1-3H3,(H,22,25);4H,1-3H3. The summed E-state index contributed by atoms with van der Waals surface area (Å²) in [5.41, 5.74) is 0.819. The van der Waals surface area contributed by atoms with Gasteiger partial charge >= 0.3 is 0 Å². The van der Waals surface area contributed by atoms with Crippen molar-refractivity contribution in [3.8, 4) is 11.3 Å². The van der Waals surface area contributed by atoms with Gasteiger partial charge < -0.3 is 14.7 Å². The molecule has 0 spiro atoms. The molecule has 0 aliphatic carbocycles. The molecule has 2 atom stereocenters. The van der Waals surface area contributed by atoms with Crippen molar-refractivity contribution in [2.24, 2.45) is 11.8 Å². The van der Waals surface area contributed by atoms with Crippen LogP contribution in [-0.4, -0.2) is 40.5 Å². The highest BCUT2D eigenvalue weighted by Crippen LogP contribution is 2.29. The number of rotatable bonds is 4. The Kier molecular flexibility index (Phi) is 8.95. The number of nitrogens with zero attached hydrogens (tertiary/aromatic N) is 2. The van der Waals surface area contributed by atoms with E-state index in [1.807, 2.05) is 0 Å². The van der Waals surface area contributed by atoms with Gasteiger partial charge in [-0.1, -0.05) is 63.0 Å². The number of carbonyl (C=O) groups is 2. The Labute approximate surface area is 194 Å². The van der Waals surface area contributed by atoms with Gasteiger partial charge in [-0.25, -0.2) is 0 Å². The fourth-order valence-corrected chi connectivity index (χ4v) is 3.47. The predicted molar refractivity (Wildman–Crippen MR) is 124 cm³/mol. The molecule has 1 fully saturated rings. The van der Waals surface area contributed by atoms with Crippen LogP contribution in [0.15, 0.2) is 28.8 Å². The zero-order valence-electron chi connectivity index (χ0n) is 18.9. The maximum atomic E-state index is 12.9. The second-order valence-electron chi connectivity index (χ2n) is 8.91. The molecule has 2 heterocycles. The molecule has 2 unspecified atom stereocenters. The molecule has 2 aromatic rings. The molecule has 1 aromatic carbocycles. The molecule has 3 rings (SSSR count). The third kappa shape index (κ3) is 6.97. The average Bonchev–Trinajstić information content (AvgIpc) is 3.15. The molecule has 1 aliphatic heterocycles. The zero-order chi connectivity index (χ0) is 23.3. The lowest BCUT2D eigenvalue weighted by atomic mass is 9.99. The van der Waals surface area contributed by atoms with Crippen LogP contribution in [0.3, 0.4) is 0 Å². The van der Waals surface area contributed by atoms with Gasteiger partial charge in [0.1, 0.15) is 6.04 Å². The lowest BCUT2D eigenvalue weighted by molar-refractivity contribution is -0.128. The monoisotopic (exact) mass is 467 g/mol. The molecule has 6 nitrogen and oxygen atoms in total. The van der Waals surface area contributed by atoms with Crippen molar-refractivity contribution in [2.45, 2.75) is 60.0 Å². The lowest BCUT2D eigenvalue weighted by Gasteiger charge is -2.38. The highest BCUT2D eigenvalue weighted by molar-refractivity contribution is 6.42. The Hall–Kier alpha value is -2.05. The van der Waals surface area contributed by atoms with Crippen LogP contribution in [0.2, 0.25) is 10.0 Å². The smallest absolute Gasteiger partial charge is 0.276 e. The number of nitrogens with one attached hydrogen (secondary N) is 1. The third-order valence-corrected chi connectivity index (χ3v) is 5.30. The van der Waals surface area contributed by atoms with Gasteiger partial charge in [-0.05, 0) is 43.4 Å². The van der Waals surface area contributed by atoms with Gasteiger partial charge in [0.2, 0.25) is 5.91 Å². The molecule has 1 aliphatic rings. The van der Waals surface area contributed by atoms with Gasteiger partial charge in [-0.2, -0.15) is 0 Å². The molecule has 1 N–H and O–H groups in total. The van der Waals surface area contributed by atoms with Crippen LogP contribution in [0.4, 0.5) is 0 Å². The third-order valence-electron chi connectivity index (χ3n) is 4.56. The van der Waals surface area contributed by atoms with Gasteiger partial charge in [-0.3, -0.25) is 9.59 Å². The van der Waals surface area contributed by atoms with E-state index >= 15 is 0 Å². The molecule has 2 amide bonds.